The zero-order chi connectivity index (χ0) is 15.4. The average Bonchev–Trinajstić information content (AvgIpc) is 2.47. The molecule has 0 aliphatic rings. The number of nitrogens with one attached hydrogen (secondary N) is 1. The maximum Gasteiger partial charge on any atom is 0.335 e. The Balaban J connectivity index is 2.40. The summed E-state index contributed by atoms with van der Waals surface area (Å²) in [6.45, 7) is 0. The number of carboxylic acid groups (broad SMARTS) is 1. The topological polar surface area (TPSA) is 129 Å². The zero-order valence-electron chi connectivity index (χ0n) is 10.5. The van der Waals surface area contributed by atoms with E-state index >= 15 is 0 Å². The Bertz CT molecular complexity index is 767. The summed E-state index contributed by atoms with van der Waals surface area (Å²) in [5.74, 6) is -1.18. The van der Waals surface area contributed by atoms with Crippen LogP contribution in [0.4, 0.5) is 17.2 Å². The van der Waals surface area contributed by atoms with Gasteiger partial charge in [0.05, 0.1) is 16.1 Å². The minimum absolute atomic E-state index is 0.0382. The van der Waals surface area contributed by atoms with Crippen molar-refractivity contribution in [2.75, 3.05) is 5.32 Å². The second kappa shape index (κ2) is 5.66. The summed E-state index contributed by atoms with van der Waals surface area (Å²) < 4.78 is 0. The van der Waals surface area contributed by atoms with Crippen LogP contribution in [0.25, 0.3) is 0 Å². The first-order valence-corrected chi connectivity index (χ1v) is 5.66. The standard InChI is InChI=1S/C13H8N4O4/c14-6-8-4-11(17(20)21)12(15-7-8)16-10-3-1-2-9(5-10)13(18)19/h1-5,7H,(H,15,16)(H,18,19). The highest BCUT2D eigenvalue weighted by atomic mass is 16.6. The normalized spacial score (nSPS) is 9.67. The molecule has 104 valence electrons. The molecule has 0 radical (unpaired) electrons. The number of anilines is 2. The predicted octanol–water partition coefficient (Wildman–Crippen LogP) is 2.30. The number of rotatable bonds is 4. The van der Waals surface area contributed by atoms with Crippen molar-refractivity contribution in [3.8, 4) is 6.07 Å². The molecule has 21 heavy (non-hydrogen) atoms. The van der Waals surface area contributed by atoms with E-state index < -0.39 is 10.9 Å². The zero-order valence-corrected chi connectivity index (χ0v) is 10.5. The second-order valence-electron chi connectivity index (χ2n) is 3.97. The Hall–Kier alpha value is -3.47. The fraction of sp³-hybridized carbons (Fsp3) is 0. The summed E-state index contributed by atoms with van der Waals surface area (Å²) >= 11 is 0. The highest BCUT2D eigenvalue weighted by Gasteiger charge is 2.17. The Morgan fingerprint density at radius 2 is 2.19 bits per heavy atom. The first kappa shape index (κ1) is 14.0. The van der Waals surface area contributed by atoms with Crippen LogP contribution in [0.1, 0.15) is 15.9 Å². The van der Waals surface area contributed by atoms with E-state index in [4.69, 9.17) is 10.4 Å². The fourth-order valence-corrected chi connectivity index (χ4v) is 1.62. The number of benzene rings is 1. The largest absolute Gasteiger partial charge is 0.478 e. The fourth-order valence-electron chi connectivity index (χ4n) is 1.62. The molecule has 0 unspecified atom stereocenters. The maximum absolute atomic E-state index is 11.0. The number of aromatic carboxylic acids is 1. The SMILES string of the molecule is N#Cc1cnc(Nc2cccc(C(=O)O)c2)c([N+](=O)[O-])c1. The molecule has 0 bridgehead atoms. The molecule has 8 nitrogen and oxygen atoms in total. The predicted molar refractivity (Wildman–Crippen MR) is 72.3 cm³/mol. The molecule has 0 fully saturated rings. The molecule has 0 spiro atoms. The molecule has 2 N–H and O–H groups in total. The van der Waals surface area contributed by atoms with E-state index in [2.05, 4.69) is 10.3 Å². The third-order valence-corrected chi connectivity index (χ3v) is 2.57. The molecular formula is C13H8N4O4. The summed E-state index contributed by atoms with van der Waals surface area (Å²) in [7, 11) is 0. The van der Waals surface area contributed by atoms with Gasteiger partial charge in [-0.15, -0.1) is 0 Å². The molecule has 0 aliphatic heterocycles. The van der Waals surface area contributed by atoms with Crippen molar-refractivity contribution in [1.29, 1.82) is 5.26 Å². The number of nitro groups is 1. The third-order valence-electron chi connectivity index (χ3n) is 2.57. The summed E-state index contributed by atoms with van der Waals surface area (Å²) in [5.41, 5.74) is 0.0767. The van der Waals surface area contributed by atoms with Crippen LogP contribution >= 0.6 is 0 Å². The van der Waals surface area contributed by atoms with E-state index in [0.717, 1.165) is 6.07 Å². The van der Waals surface area contributed by atoms with Gasteiger partial charge in [0, 0.05) is 18.0 Å². The molecule has 1 heterocycles. The van der Waals surface area contributed by atoms with Crippen LogP contribution in [0.5, 0.6) is 0 Å². The summed E-state index contributed by atoms with van der Waals surface area (Å²) in [6.07, 6.45) is 1.19. The number of carbonyl (C=O) groups is 1. The van der Waals surface area contributed by atoms with Crippen molar-refractivity contribution in [2.24, 2.45) is 0 Å². The van der Waals surface area contributed by atoms with Gasteiger partial charge in [-0.1, -0.05) is 6.07 Å². The van der Waals surface area contributed by atoms with E-state index in [1.807, 2.05) is 0 Å². The lowest BCUT2D eigenvalue weighted by Gasteiger charge is -2.07. The molecule has 1 aromatic heterocycles. The summed E-state index contributed by atoms with van der Waals surface area (Å²) in [6, 6.07) is 8.63. The number of aromatic nitrogens is 1. The van der Waals surface area contributed by atoms with Gasteiger partial charge in [-0.2, -0.15) is 5.26 Å². The smallest absolute Gasteiger partial charge is 0.335 e. The molecule has 2 rings (SSSR count). The molecule has 0 saturated carbocycles. The van der Waals surface area contributed by atoms with Crippen LogP contribution in [0.15, 0.2) is 36.5 Å². The molecule has 0 aliphatic carbocycles. The van der Waals surface area contributed by atoms with E-state index in [1.54, 1.807) is 12.1 Å². The number of nitrogens with zero attached hydrogens (tertiary/aromatic N) is 3. The van der Waals surface area contributed by atoms with Crippen LogP contribution in [-0.2, 0) is 0 Å². The maximum atomic E-state index is 11.0. The van der Waals surface area contributed by atoms with Crippen LogP contribution < -0.4 is 5.32 Å². The van der Waals surface area contributed by atoms with E-state index in [0.29, 0.717) is 5.69 Å². The van der Waals surface area contributed by atoms with E-state index in [9.17, 15) is 14.9 Å². The highest BCUT2D eigenvalue weighted by Crippen LogP contribution is 2.26. The monoisotopic (exact) mass is 284 g/mol. The van der Waals surface area contributed by atoms with Crippen LogP contribution in [0.3, 0.4) is 0 Å². The Morgan fingerprint density at radius 1 is 1.43 bits per heavy atom. The van der Waals surface area contributed by atoms with Crippen molar-refractivity contribution < 1.29 is 14.8 Å². The quantitative estimate of drug-likeness (QED) is 0.650. The molecule has 8 heteroatoms. The molecule has 0 amide bonds. The van der Waals surface area contributed by atoms with Gasteiger partial charge in [0.15, 0.2) is 0 Å². The molecular weight excluding hydrogens is 276 g/mol. The summed E-state index contributed by atoms with van der Waals surface area (Å²) in [5, 5.41) is 31.3. The average molecular weight is 284 g/mol. The minimum atomic E-state index is -1.11. The number of nitriles is 1. The number of pyridine rings is 1. The van der Waals surface area contributed by atoms with Crippen LogP contribution in [0.2, 0.25) is 0 Å². The van der Waals surface area contributed by atoms with Crippen molar-refractivity contribution in [3.05, 3.63) is 57.8 Å². The third kappa shape index (κ3) is 3.10. The van der Waals surface area contributed by atoms with Gasteiger partial charge in [-0.3, -0.25) is 10.1 Å². The molecule has 2 aromatic rings. The van der Waals surface area contributed by atoms with Crippen molar-refractivity contribution in [1.82, 2.24) is 4.98 Å². The molecule has 0 atom stereocenters. The minimum Gasteiger partial charge on any atom is -0.478 e. The number of hydrogen-bond donors (Lipinski definition) is 2. The van der Waals surface area contributed by atoms with Gasteiger partial charge in [0.25, 0.3) is 0 Å². The first-order chi connectivity index (χ1) is 10.0. The Morgan fingerprint density at radius 3 is 2.81 bits per heavy atom. The molecule has 0 saturated heterocycles. The lowest BCUT2D eigenvalue weighted by atomic mass is 10.2. The van der Waals surface area contributed by atoms with Crippen molar-refractivity contribution >= 4 is 23.2 Å². The van der Waals surface area contributed by atoms with Gasteiger partial charge < -0.3 is 10.4 Å². The lowest BCUT2D eigenvalue weighted by molar-refractivity contribution is -0.384. The van der Waals surface area contributed by atoms with Gasteiger partial charge in [0.1, 0.15) is 6.07 Å². The number of carboxylic acids is 1. The van der Waals surface area contributed by atoms with Crippen LogP contribution in [-0.4, -0.2) is 21.0 Å². The Kier molecular flexibility index (Phi) is 3.76. The lowest BCUT2D eigenvalue weighted by Crippen LogP contribution is -2.02. The van der Waals surface area contributed by atoms with Gasteiger partial charge in [-0.05, 0) is 18.2 Å². The Labute approximate surface area is 118 Å². The van der Waals surface area contributed by atoms with Crippen molar-refractivity contribution in [2.45, 2.75) is 0 Å². The second-order valence-corrected chi connectivity index (χ2v) is 3.97. The highest BCUT2D eigenvalue weighted by molar-refractivity contribution is 5.89. The van der Waals surface area contributed by atoms with E-state index in [1.165, 1.54) is 24.4 Å². The number of hydrogen-bond acceptors (Lipinski definition) is 6. The summed E-state index contributed by atoms with van der Waals surface area (Å²) in [4.78, 5) is 25.0. The molecule has 1 aromatic carbocycles. The van der Waals surface area contributed by atoms with E-state index in [-0.39, 0.29) is 22.6 Å². The van der Waals surface area contributed by atoms with Crippen LogP contribution in [0, 0.1) is 21.4 Å². The van der Waals surface area contributed by atoms with Crippen molar-refractivity contribution in [3.63, 3.8) is 0 Å². The first-order valence-electron chi connectivity index (χ1n) is 5.66. The van der Waals surface area contributed by atoms with Gasteiger partial charge >= 0.3 is 11.7 Å². The van der Waals surface area contributed by atoms with Gasteiger partial charge in [-0.25, -0.2) is 9.78 Å². The van der Waals surface area contributed by atoms with Gasteiger partial charge in [0.2, 0.25) is 5.82 Å².